The molecule has 0 aliphatic heterocycles. The van der Waals surface area contributed by atoms with Crippen LogP contribution in [0.5, 0.6) is 23.5 Å². The standard InChI is InChI=1S/2C17H19N5O.C2H2O4/c2*1-3-7-12(8-4-1)20-16-14-15(19-11-18-14)21-17(22-16)23-13-9-5-2-6-10-13;3-1(4)2(5)6/h2*2,5-6,9-12H,1,3-4,7-8H2,(H2,18,19,20,21,22);(H,3,4)(H,5,6). The van der Waals surface area contributed by atoms with Gasteiger partial charge in [-0.1, -0.05) is 74.9 Å². The van der Waals surface area contributed by atoms with Crippen molar-refractivity contribution in [3.63, 3.8) is 0 Å². The van der Waals surface area contributed by atoms with Gasteiger partial charge in [0.15, 0.2) is 22.9 Å². The first-order chi connectivity index (χ1) is 25.4. The Hall–Kier alpha value is -6.32. The van der Waals surface area contributed by atoms with Gasteiger partial charge >= 0.3 is 24.0 Å². The predicted octanol–water partition coefficient (Wildman–Crippen LogP) is 6.94. The van der Waals surface area contributed by atoms with Gasteiger partial charge in [0.1, 0.15) is 22.5 Å². The summed E-state index contributed by atoms with van der Waals surface area (Å²) in [5.41, 5.74) is 2.89. The number of anilines is 2. The van der Waals surface area contributed by atoms with E-state index in [4.69, 9.17) is 29.3 Å². The van der Waals surface area contributed by atoms with Crippen LogP contribution in [-0.4, -0.2) is 74.1 Å². The molecule has 8 rings (SSSR count). The molecule has 16 nitrogen and oxygen atoms in total. The molecule has 2 aliphatic carbocycles. The minimum Gasteiger partial charge on any atom is -0.473 e. The predicted molar refractivity (Wildman–Crippen MR) is 193 cm³/mol. The number of aromatic amines is 2. The summed E-state index contributed by atoms with van der Waals surface area (Å²) >= 11 is 0. The molecule has 0 bridgehead atoms. The van der Waals surface area contributed by atoms with Crippen molar-refractivity contribution in [3.05, 3.63) is 73.3 Å². The summed E-state index contributed by atoms with van der Waals surface area (Å²) < 4.78 is 11.5. The molecular weight excluding hydrogens is 668 g/mol. The van der Waals surface area contributed by atoms with E-state index in [1.807, 2.05) is 60.7 Å². The molecule has 2 aromatic carbocycles. The molecule has 6 aromatic rings. The Morgan fingerprint density at radius 1 is 0.577 bits per heavy atom. The van der Waals surface area contributed by atoms with E-state index >= 15 is 0 Å². The average Bonchev–Trinajstić information content (AvgIpc) is 3.85. The van der Waals surface area contributed by atoms with Crippen molar-refractivity contribution in [1.82, 2.24) is 39.9 Å². The number of H-pyrrole nitrogens is 2. The minimum atomic E-state index is -1.82. The van der Waals surface area contributed by atoms with Crippen LogP contribution >= 0.6 is 0 Å². The number of rotatable bonds is 8. The fourth-order valence-corrected chi connectivity index (χ4v) is 6.00. The Morgan fingerprint density at radius 2 is 0.962 bits per heavy atom. The van der Waals surface area contributed by atoms with E-state index in [0.29, 0.717) is 46.9 Å². The molecule has 270 valence electrons. The minimum absolute atomic E-state index is 0.314. The molecule has 2 saturated carbocycles. The number of fused-ring (bicyclic) bond motifs is 2. The van der Waals surface area contributed by atoms with E-state index in [9.17, 15) is 0 Å². The highest BCUT2D eigenvalue weighted by Crippen LogP contribution is 2.28. The van der Waals surface area contributed by atoms with Crippen LogP contribution in [0, 0.1) is 0 Å². The molecule has 16 heteroatoms. The quantitative estimate of drug-likeness (QED) is 0.0881. The molecule has 0 unspecified atom stereocenters. The van der Waals surface area contributed by atoms with Crippen molar-refractivity contribution in [2.75, 3.05) is 10.6 Å². The second kappa shape index (κ2) is 17.6. The zero-order valence-electron chi connectivity index (χ0n) is 28.4. The zero-order valence-corrected chi connectivity index (χ0v) is 28.4. The molecule has 0 amide bonds. The Kier molecular flexibility index (Phi) is 12.0. The topological polar surface area (TPSA) is 226 Å². The molecule has 0 atom stereocenters. The summed E-state index contributed by atoms with van der Waals surface area (Å²) in [5, 5.41) is 21.8. The number of para-hydroxylation sites is 2. The molecule has 6 N–H and O–H groups in total. The molecule has 0 spiro atoms. The maximum atomic E-state index is 9.10. The molecule has 0 radical (unpaired) electrons. The number of aromatic nitrogens is 8. The van der Waals surface area contributed by atoms with Crippen LogP contribution in [0.25, 0.3) is 22.3 Å². The summed E-state index contributed by atoms with van der Waals surface area (Å²) in [6.45, 7) is 0. The van der Waals surface area contributed by atoms with E-state index in [-0.39, 0.29) is 0 Å². The van der Waals surface area contributed by atoms with E-state index in [0.717, 1.165) is 22.7 Å². The van der Waals surface area contributed by atoms with Gasteiger partial charge in [-0.3, -0.25) is 0 Å². The smallest absolute Gasteiger partial charge is 0.414 e. The summed E-state index contributed by atoms with van der Waals surface area (Å²) in [6, 6.07) is 20.6. The van der Waals surface area contributed by atoms with Crippen molar-refractivity contribution < 1.29 is 29.3 Å². The SMILES string of the molecule is O=C(O)C(=O)O.c1ccc(Oc2nc(NC3CCCCC3)c3[nH]cnc3n2)cc1.c1ccc(Oc2nc(NC3CCCCC3)c3[nH]cnc3n2)cc1. The first-order valence-corrected chi connectivity index (χ1v) is 17.3. The first kappa shape index (κ1) is 35.5. The monoisotopic (exact) mass is 708 g/mol. The lowest BCUT2D eigenvalue weighted by atomic mass is 9.95. The van der Waals surface area contributed by atoms with Crippen LogP contribution in [0.2, 0.25) is 0 Å². The Balaban J connectivity index is 0.000000155. The molecule has 0 saturated heterocycles. The molecule has 52 heavy (non-hydrogen) atoms. The maximum absolute atomic E-state index is 9.10. The van der Waals surface area contributed by atoms with Gasteiger partial charge < -0.3 is 40.3 Å². The van der Waals surface area contributed by atoms with Gasteiger partial charge in [-0.25, -0.2) is 19.6 Å². The van der Waals surface area contributed by atoms with Crippen molar-refractivity contribution >= 4 is 45.9 Å². The zero-order chi connectivity index (χ0) is 36.1. The van der Waals surface area contributed by atoms with E-state index in [2.05, 4.69) is 50.5 Å². The van der Waals surface area contributed by atoms with E-state index < -0.39 is 11.9 Å². The lowest BCUT2D eigenvalue weighted by molar-refractivity contribution is -0.159. The number of carboxylic acid groups (broad SMARTS) is 2. The molecule has 2 aliphatic rings. The Labute approximate surface area is 298 Å². The van der Waals surface area contributed by atoms with Crippen LogP contribution in [0.4, 0.5) is 11.6 Å². The Morgan fingerprint density at radius 3 is 1.33 bits per heavy atom. The van der Waals surface area contributed by atoms with Crippen LogP contribution in [0.15, 0.2) is 73.3 Å². The van der Waals surface area contributed by atoms with Gasteiger partial charge in [0.2, 0.25) is 0 Å². The fraction of sp³-hybridized carbons (Fsp3) is 0.333. The summed E-state index contributed by atoms with van der Waals surface area (Å²) in [7, 11) is 0. The number of nitrogens with one attached hydrogen (secondary N) is 4. The van der Waals surface area contributed by atoms with Gasteiger partial charge in [0.25, 0.3) is 0 Å². The largest absolute Gasteiger partial charge is 0.473 e. The van der Waals surface area contributed by atoms with Crippen LogP contribution in [0.1, 0.15) is 64.2 Å². The van der Waals surface area contributed by atoms with E-state index in [1.54, 1.807) is 12.7 Å². The Bertz CT molecular complexity index is 1900. The van der Waals surface area contributed by atoms with Gasteiger partial charge in [-0.15, -0.1) is 0 Å². The molecular formula is C36H40N10O6. The summed E-state index contributed by atoms with van der Waals surface area (Å²) in [4.78, 5) is 50.8. The number of hydrogen-bond donors (Lipinski definition) is 6. The number of carboxylic acids is 2. The van der Waals surface area contributed by atoms with Crippen molar-refractivity contribution in [2.45, 2.75) is 76.3 Å². The lowest BCUT2D eigenvalue weighted by Crippen LogP contribution is -2.23. The van der Waals surface area contributed by atoms with E-state index in [1.165, 1.54) is 64.2 Å². The lowest BCUT2D eigenvalue weighted by Gasteiger charge is -2.23. The second-order valence-corrected chi connectivity index (χ2v) is 12.3. The normalized spacial score (nSPS) is 14.7. The number of nitrogens with zero attached hydrogens (tertiary/aromatic N) is 6. The van der Waals surface area contributed by atoms with Gasteiger partial charge in [-0.2, -0.15) is 19.9 Å². The average molecular weight is 709 g/mol. The van der Waals surface area contributed by atoms with Crippen molar-refractivity contribution in [2.24, 2.45) is 0 Å². The molecule has 2 fully saturated rings. The number of ether oxygens (including phenoxy) is 2. The summed E-state index contributed by atoms with van der Waals surface area (Å²) in [6.07, 6.45) is 15.7. The number of benzene rings is 2. The third-order valence-corrected chi connectivity index (χ3v) is 8.51. The highest BCUT2D eigenvalue weighted by Gasteiger charge is 2.19. The number of imidazole rings is 2. The van der Waals surface area contributed by atoms with Crippen molar-refractivity contribution in [3.8, 4) is 23.5 Å². The maximum Gasteiger partial charge on any atom is 0.414 e. The van der Waals surface area contributed by atoms with Crippen molar-refractivity contribution in [1.29, 1.82) is 0 Å². The van der Waals surface area contributed by atoms with Gasteiger partial charge in [0.05, 0.1) is 12.7 Å². The third-order valence-electron chi connectivity index (χ3n) is 8.51. The van der Waals surface area contributed by atoms with Gasteiger partial charge in [0, 0.05) is 12.1 Å². The van der Waals surface area contributed by atoms with Crippen LogP contribution < -0.4 is 20.1 Å². The number of hydrogen-bond acceptors (Lipinski definition) is 12. The van der Waals surface area contributed by atoms with Crippen LogP contribution in [-0.2, 0) is 9.59 Å². The third kappa shape index (κ3) is 9.89. The highest BCUT2D eigenvalue weighted by molar-refractivity contribution is 6.27. The highest BCUT2D eigenvalue weighted by atomic mass is 16.5. The van der Waals surface area contributed by atoms with Gasteiger partial charge in [-0.05, 0) is 49.9 Å². The fourth-order valence-electron chi connectivity index (χ4n) is 6.00. The molecule has 4 aromatic heterocycles. The second-order valence-electron chi connectivity index (χ2n) is 12.3. The number of carbonyl (C=O) groups is 2. The van der Waals surface area contributed by atoms with Crippen LogP contribution in [0.3, 0.4) is 0 Å². The first-order valence-electron chi connectivity index (χ1n) is 17.3. The summed E-state index contributed by atoms with van der Waals surface area (Å²) in [5.74, 6) is -0.683. The molecule has 4 heterocycles. The number of aliphatic carboxylic acids is 2.